The molecule has 2 unspecified atom stereocenters. The Morgan fingerprint density at radius 2 is 0.725 bits per heavy atom. The molecule has 0 aromatic heterocycles. The van der Waals surface area contributed by atoms with Crippen LogP contribution in [0.15, 0.2) is 36.5 Å². The fourth-order valence-electron chi connectivity index (χ4n) is 9.43. The Kier molecular flexibility index (Phi) is 57.0. The Balaban J connectivity index is 3.49. The third-order valence-corrected chi connectivity index (χ3v) is 14.2. The van der Waals surface area contributed by atoms with Crippen molar-refractivity contribution in [3.05, 3.63) is 36.5 Å². The Morgan fingerprint density at radius 1 is 0.406 bits per heavy atom. The van der Waals surface area contributed by atoms with Gasteiger partial charge in [-0.1, -0.05) is 288 Å². The Bertz CT molecular complexity index is 1120. The number of amides is 1. The van der Waals surface area contributed by atoms with Crippen LogP contribution in [0.1, 0.15) is 328 Å². The monoisotopic (exact) mass is 970 g/mol. The van der Waals surface area contributed by atoms with E-state index in [2.05, 4.69) is 43.5 Å². The van der Waals surface area contributed by atoms with E-state index < -0.39 is 12.1 Å². The first-order valence-corrected chi connectivity index (χ1v) is 30.8. The van der Waals surface area contributed by atoms with Gasteiger partial charge in [-0.25, -0.2) is 0 Å². The molecule has 3 N–H and O–H groups in total. The maximum Gasteiger partial charge on any atom is 0.305 e. The number of hydrogen-bond donors (Lipinski definition) is 3. The topological polar surface area (TPSA) is 95.9 Å². The van der Waals surface area contributed by atoms with E-state index in [0.29, 0.717) is 19.4 Å². The van der Waals surface area contributed by atoms with Crippen molar-refractivity contribution in [1.29, 1.82) is 0 Å². The van der Waals surface area contributed by atoms with E-state index in [0.717, 1.165) is 57.8 Å². The minimum absolute atomic E-state index is 0.00617. The van der Waals surface area contributed by atoms with E-state index in [-0.39, 0.29) is 18.5 Å². The van der Waals surface area contributed by atoms with Crippen LogP contribution in [0.4, 0.5) is 0 Å². The van der Waals surface area contributed by atoms with Gasteiger partial charge in [0.25, 0.3) is 0 Å². The number of esters is 1. The number of rotatable bonds is 57. The second-order valence-electron chi connectivity index (χ2n) is 21.0. The third kappa shape index (κ3) is 55.2. The number of aliphatic hydroxyl groups is 2. The Hall–Kier alpha value is -1.92. The fourth-order valence-corrected chi connectivity index (χ4v) is 9.43. The average Bonchev–Trinajstić information content (AvgIpc) is 3.35. The minimum atomic E-state index is -0.851. The lowest BCUT2D eigenvalue weighted by Crippen LogP contribution is -2.45. The van der Waals surface area contributed by atoms with Gasteiger partial charge in [0, 0.05) is 12.8 Å². The van der Waals surface area contributed by atoms with E-state index in [1.54, 1.807) is 6.08 Å². The summed E-state index contributed by atoms with van der Waals surface area (Å²) in [6, 6.07) is -0.636. The van der Waals surface area contributed by atoms with Gasteiger partial charge in [0.2, 0.25) is 5.91 Å². The van der Waals surface area contributed by atoms with Crippen molar-refractivity contribution >= 4 is 11.9 Å². The molecule has 0 heterocycles. The third-order valence-electron chi connectivity index (χ3n) is 14.2. The van der Waals surface area contributed by atoms with Crippen LogP contribution >= 0.6 is 0 Å². The van der Waals surface area contributed by atoms with Crippen molar-refractivity contribution in [1.82, 2.24) is 5.32 Å². The lowest BCUT2D eigenvalue weighted by Gasteiger charge is -2.20. The van der Waals surface area contributed by atoms with Crippen molar-refractivity contribution in [2.45, 2.75) is 341 Å². The summed E-state index contributed by atoms with van der Waals surface area (Å²) in [6.07, 6.45) is 73.2. The summed E-state index contributed by atoms with van der Waals surface area (Å²) in [6.45, 7) is 4.91. The highest BCUT2D eigenvalue weighted by Gasteiger charge is 2.18. The maximum atomic E-state index is 12.5. The molecule has 0 aromatic rings. The van der Waals surface area contributed by atoms with E-state index in [4.69, 9.17) is 4.74 Å². The summed E-state index contributed by atoms with van der Waals surface area (Å²) < 4.78 is 5.46. The van der Waals surface area contributed by atoms with Gasteiger partial charge in [0.05, 0.1) is 25.4 Å². The Morgan fingerprint density at radius 3 is 1.10 bits per heavy atom. The van der Waals surface area contributed by atoms with Gasteiger partial charge in [-0.05, 0) is 64.2 Å². The van der Waals surface area contributed by atoms with E-state index >= 15 is 0 Å². The SMILES string of the molecule is CCCCCCCCCCCCCCCCCC/C=C/C(O)C(CO)NC(=O)CCCCCCCCC/C=C\C/C=C\CCCCCCCCCCCOC(=O)CCCCCCCCCCCCC. The molecule has 0 saturated carbocycles. The summed E-state index contributed by atoms with van der Waals surface area (Å²) in [5, 5.41) is 23.2. The van der Waals surface area contributed by atoms with Crippen molar-refractivity contribution < 1.29 is 24.5 Å². The highest BCUT2D eigenvalue weighted by atomic mass is 16.5. The van der Waals surface area contributed by atoms with Crippen molar-refractivity contribution in [2.75, 3.05) is 13.2 Å². The molecule has 6 nitrogen and oxygen atoms in total. The normalized spacial score (nSPS) is 12.8. The van der Waals surface area contributed by atoms with Crippen molar-refractivity contribution in [2.24, 2.45) is 0 Å². The number of ether oxygens (including phenoxy) is 1. The lowest BCUT2D eigenvalue weighted by molar-refractivity contribution is -0.143. The van der Waals surface area contributed by atoms with Crippen LogP contribution < -0.4 is 5.32 Å². The minimum Gasteiger partial charge on any atom is -0.466 e. The highest BCUT2D eigenvalue weighted by Crippen LogP contribution is 2.17. The molecule has 0 saturated heterocycles. The van der Waals surface area contributed by atoms with E-state index in [1.165, 1.54) is 244 Å². The molecule has 0 rings (SSSR count). The first kappa shape index (κ1) is 67.1. The highest BCUT2D eigenvalue weighted by molar-refractivity contribution is 5.76. The summed E-state index contributed by atoms with van der Waals surface area (Å²) in [5.41, 5.74) is 0. The van der Waals surface area contributed by atoms with E-state index in [1.807, 2.05) is 6.08 Å². The molecule has 0 aliphatic rings. The molecule has 6 heteroatoms. The van der Waals surface area contributed by atoms with Gasteiger partial charge in [-0.3, -0.25) is 9.59 Å². The van der Waals surface area contributed by atoms with Crippen LogP contribution in [0.3, 0.4) is 0 Å². The molecule has 69 heavy (non-hydrogen) atoms. The van der Waals surface area contributed by atoms with Gasteiger partial charge in [-0.2, -0.15) is 0 Å². The summed E-state index contributed by atoms with van der Waals surface area (Å²) >= 11 is 0. The molecule has 0 bridgehead atoms. The van der Waals surface area contributed by atoms with Crippen LogP contribution in [0, 0.1) is 0 Å². The lowest BCUT2D eigenvalue weighted by atomic mass is 10.0. The van der Waals surface area contributed by atoms with Crippen LogP contribution in [0.25, 0.3) is 0 Å². The number of carbonyl (C=O) groups is 2. The van der Waals surface area contributed by atoms with Crippen molar-refractivity contribution in [3.63, 3.8) is 0 Å². The number of carbonyl (C=O) groups excluding carboxylic acids is 2. The predicted octanol–water partition coefficient (Wildman–Crippen LogP) is 19.2. The second kappa shape index (κ2) is 58.6. The van der Waals surface area contributed by atoms with Crippen LogP contribution in [-0.2, 0) is 14.3 Å². The van der Waals surface area contributed by atoms with Gasteiger partial charge in [0.15, 0.2) is 0 Å². The molecule has 0 spiro atoms. The van der Waals surface area contributed by atoms with Gasteiger partial charge in [0.1, 0.15) is 0 Å². The Labute approximate surface area is 430 Å². The molecule has 0 aromatic carbocycles. The molecular weight excluding hydrogens is 851 g/mol. The first-order chi connectivity index (χ1) is 34.0. The van der Waals surface area contributed by atoms with Crippen LogP contribution in [-0.4, -0.2) is 47.4 Å². The fraction of sp³-hybridized carbons (Fsp3) is 0.873. The van der Waals surface area contributed by atoms with Gasteiger partial charge < -0.3 is 20.3 Å². The van der Waals surface area contributed by atoms with Crippen molar-refractivity contribution in [3.8, 4) is 0 Å². The summed E-state index contributed by atoms with van der Waals surface area (Å²) in [4.78, 5) is 24.5. The molecule has 0 fully saturated rings. The largest absolute Gasteiger partial charge is 0.466 e. The molecule has 1 amide bonds. The number of nitrogens with one attached hydrogen (secondary N) is 1. The quantitative estimate of drug-likeness (QED) is 0.0321. The average molecular weight is 971 g/mol. The predicted molar refractivity (Wildman–Crippen MR) is 301 cm³/mol. The standard InChI is InChI=1S/C63H119NO5/c1-3-5-7-9-11-13-15-16-17-18-26-29-32-36-39-43-47-51-55-61(66)60(59-65)64-62(67)56-52-48-44-40-37-33-30-27-24-22-20-19-21-23-25-28-31-34-38-42-46-50-54-58-69-63(68)57-53-49-45-41-35-14-12-10-8-6-4-2/h19,21-22,24,51,55,60-61,65-66H,3-18,20,23,25-50,52-54,56-59H2,1-2H3,(H,64,67)/b21-19-,24-22-,55-51+. The molecule has 0 aliphatic heterocycles. The number of aliphatic hydroxyl groups excluding tert-OH is 2. The molecule has 2 atom stereocenters. The summed E-state index contributed by atoms with van der Waals surface area (Å²) in [5.74, 6) is -0.0704. The molecule has 0 aliphatic carbocycles. The summed E-state index contributed by atoms with van der Waals surface area (Å²) in [7, 11) is 0. The van der Waals surface area contributed by atoms with E-state index in [9.17, 15) is 19.8 Å². The second-order valence-corrected chi connectivity index (χ2v) is 21.0. The molecule has 0 radical (unpaired) electrons. The zero-order chi connectivity index (χ0) is 50.0. The zero-order valence-corrected chi connectivity index (χ0v) is 46.3. The van der Waals surface area contributed by atoms with Gasteiger partial charge >= 0.3 is 5.97 Å². The van der Waals surface area contributed by atoms with Crippen LogP contribution in [0.2, 0.25) is 0 Å². The van der Waals surface area contributed by atoms with Gasteiger partial charge in [-0.15, -0.1) is 0 Å². The molecule has 406 valence electrons. The first-order valence-electron chi connectivity index (χ1n) is 30.8. The number of allylic oxidation sites excluding steroid dienone is 5. The van der Waals surface area contributed by atoms with Crippen LogP contribution in [0.5, 0.6) is 0 Å². The number of hydrogen-bond acceptors (Lipinski definition) is 5. The number of unbranched alkanes of at least 4 members (excludes halogenated alkanes) is 42. The molecular formula is C63H119NO5. The maximum absolute atomic E-state index is 12.5. The zero-order valence-electron chi connectivity index (χ0n) is 46.3. The smallest absolute Gasteiger partial charge is 0.305 e.